The second kappa shape index (κ2) is 8.40. The molecule has 3 heterocycles. The van der Waals surface area contributed by atoms with Crippen LogP contribution in [0, 0.1) is 5.92 Å². The van der Waals surface area contributed by atoms with Gasteiger partial charge in [0.25, 0.3) is 11.5 Å². The molecule has 3 aliphatic rings. The molecule has 1 saturated heterocycles. The molecule has 0 N–H and O–H groups in total. The zero-order valence-corrected chi connectivity index (χ0v) is 17.8. The third kappa shape index (κ3) is 3.72. The van der Waals surface area contributed by atoms with Crippen molar-refractivity contribution in [3.8, 4) is 0 Å². The summed E-state index contributed by atoms with van der Waals surface area (Å²) in [6, 6.07) is 3.66. The van der Waals surface area contributed by atoms with Gasteiger partial charge in [-0.1, -0.05) is 25.7 Å². The molecule has 31 heavy (non-hydrogen) atoms. The van der Waals surface area contributed by atoms with Crippen LogP contribution in [0.3, 0.4) is 0 Å². The van der Waals surface area contributed by atoms with Crippen LogP contribution in [-0.4, -0.2) is 62.3 Å². The zero-order valence-electron chi connectivity index (χ0n) is 17.8. The van der Waals surface area contributed by atoms with Gasteiger partial charge in [-0.2, -0.15) is 0 Å². The van der Waals surface area contributed by atoms with Gasteiger partial charge < -0.3 is 9.80 Å². The van der Waals surface area contributed by atoms with Crippen molar-refractivity contribution in [2.45, 2.75) is 57.4 Å². The van der Waals surface area contributed by atoms with Crippen molar-refractivity contribution in [3.05, 3.63) is 34.4 Å². The molecule has 0 atom stereocenters. The maximum atomic E-state index is 13.3. The van der Waals surface area contributed by atoms with Crippen LogP contribution in [0.2, 0.25) is 0 Å². The van der Waals surface area contributed by atoms with Crippen LogP contribution in [0.4, 0.5) is 0 Å². The van der Waals surface area contributed by atoms with Crippen LogP contribution in [0.25, 0.3) is 11.2 Å². The smallest absolute Gasteiger partial charge is 0.284 e. The first-order valence-electron chi connectivity index (χ1n) is 11.6. The SMILES string of the molecule is O=C(c1nc2cccnc2n(C2CCCC2)c1=O)N1CCN(C(=O)C2CCCC2)CC1. The van der Waals surface area contributed by atoms with E-state index in [2.05, 4.69) is 9.97 Å². The van der Waals surface area contributed by atoms with Crippen LogP contribution < -0.4 is 5.56 Å². The summed E-state index contributed by atoms with van der Waals surface area (Å²) in [7, 11) is 0. The maximum Gasteiger partial charge on any atom is 0.284 e. The Morgan fingerprint density at radius 3 is 2.26 bits per heavy atom. The van der Waals surface area contributed by atoms with E-state index in [9.17, 15) is 14.4 Å². The largest absolute Gasteiger partial charge is 0.339 e. The Hall–Kier alpha value is -2.77. The molecule has 0 radical (unpaired) electrons. The summed E-state index contributed by atoms with van der Waals surface area (Å²) in [6.07, 6.45) is 9.88. The molecule has 0 aromatic carbocycles. The Balaban J connectivity index is 1.38. The van der Waals surface area contributed by atoms with Gasteiger partial charge >= 0.3 is 0 Å². The first-order chi connectivity index (χ1) is 15.1. The third-order valence-electron chi connectivity index (χ3n) is 7.12. The number of hydrogen-bond donors (Lipinski definition) is 0. The van der Waals surface area contributed by atoms with Crippen molar-refractivity contribution >= 4 is 23.0 Å². The summed E-state index contributed by atoms with van der Waals surface area (Å²) in [5.41, 5.74) is 0.769. The molecule has 2 aliphatic carbocycles. The molecule has 8 nitrogen and oxygen atoms in total. The molecule has 0 bridgehead atoms. The molecule has 5 rings (SSSR count). The van der Waals surface area contributed by atoms with E-state index in [-0.39, 0.29) is 35.0 Å². The van der Waals surface area contributed by atoms with E-state index in [1.807, 2.05) is 11.0 Å². The number of nitrogens with zero attached hydrogens (tertiary/aromatic N) is 5. The predicted molar refractivity (Wildman–Crippen MR) is 116 cm³/mol. The number of fused-ring (bicyclic) bond motifs is 1. The molecule has 8 heteroatoms. The van der Waals surface area contributed by atoms with Crippen LogP contribution in [-0.2, 0) is 4.79 Å². The second-order valence-electron chi connectivity index (χ2n) is 9.02. The van der Waals surface area contributed by atoms with E-state index in [0.717, 1.165) is 51.4 Å². The predicted octanol–water partition coefficient (Wildman–Crippen LogP) is 2.38. The van der Waals surface area contributed by atoms with Gasteiger partial charge in [-0.3, -0.25) is 19.0 Å². The van der Waals surface area contributed by atoms with E-state index in [1.54, 1.807) is 21.7 Å². The Morgan fingerprint density at radius 1 is 0.903 bits per heavy atom. The molecule has 1 aliphatic heterocycles. The fraction of sp³-hybridized carbons (Fsp3) is 0.609. The number of aromatic nitrogens is 3. The Bertz CT molecular complexity index is 1040. The lowest BCUT2D eigenvalue weighted by Crippen LogP contribution is -2.52. The van der Waals surface area contributed by atoms with Gasteiger partial charge in [0.05, 0.1) is 0 Å². The summed E-state index contributed by atoms with van der Waals surface area (Å²) in [5.74, 6) is 0.0362. The molecule has 0 unspecified atom stereocenters. The number of pyridine rings is 1. The minimum Gasteiger partial charge on any atom is -0.339 e. The van der Waals surface area contributed by atoms with Gasteiger partial charge in [0.15, 0.2) is 11.3 Å². The molecule has 2 amide bonds. The van der Waals surface area contributed by atoms with Gasteiger partial charge in [0.1, 0.15) is 5.52 Å². The summed E-state index contributed by atoms with van der Waals surface area (Å²) >= 11 is 0. The molecule has 164 valence electrons. The molecular weight excluding hydrogens is 394 g/mol. The summed E-state index contributed by atoms with van der Waals surface area (Å²) < 4.78 is 1.70. The molecule has 0 spiro atoms. The topological polar surface area (TPSA) is 88.4 Å². The lowest BCUT2D eigenvalue weighted by Gasteiger charge is -2.35. The number of piperazine rings is 1. The molecular formula is C23H29N5O3. The Labute approximate surface area is 181 Å². The number of hydrogen-bond acceptors (Lipinski definition) is 5. The first kappa shape index (κ1) is 20.2. The number of amides is 2. The maximum absolute atomic E-state index is 13.3. The zero-order chi connectivity index (χ0) is 21.4. The average Bonchev–Trinajstić information content (AvgIpc) is 3.52. The first-order valence-corrected chi connectivity index (χ1v) is 11.6. The van der Waals surface area contributed by atoms with Crippen LogP contribution in [0.1, 0.15) is 67.9 Å². The highest BCUT2D eigenvalue weighted by Gasteiger charge is 2.33. The second-order valence-corrected chi connectivity index (χ2v) is 9.02. The number of carbonyl (C=O) groups is 2. The highest BCUT2D eigenvalue weighted by atomic mass is 16.2. The Kier molecular flexibility index (Phi) is 5.46. The van der Waals surface area contributed by atoms with Gasteiger partial charge in [-0.15, -0.1) is 0 Å². The van der Waals surface area contributed by atoms with E-state index >= 15 is 0 Å². The summed E-state index contributed by atoms with van der Waals surface area (Å²) in [5, 5.41) is 0. The monoisotopic (exact) mass is 423 g/mol. The lowest BCUT2D eigenvalue weighted by atomic mass is 10.1. The highest BCUT2D eigenvalue weighted by Crippen LogP contribution is 2.30. The standard InChI is InChI=1S/C23H29N5O3/c29-21(16-6-1-2-7-16)26-12-14-27(15-13-26)22(30)19-23(31)28(17-8-3-4-9-17)20-18(25-19)10-5-11-24-20/h5,10-11,16-17H,1-4,6-9,12-15H2. The average molecular weight is 424 g/mol. The van der Waals surface area contributed by atoms with E-state index in [1.165, 1.54) is 0 Å². The minimum atomic E-state index is -0.340. The summed E-state index contributed by atoms with van der Waals surface area (Å²) in [6.45, 7) is 1.92. The van der Waals surface area contributed by atoms with E-state index in [4.69, 9.17) is 0 Å². The van der Waals surface area contributed by atoms with Crippen LogP contribution in [0.15, 0.2) is 23.1 Å². The van der Waals surface area contributed by atoms with Crippen molar-refractivity contribution < 1.29 is 9.59 Å². The van der Waals surface area contributed by atoms with Crippen LogP contribution >= 0.6 is 0 Å². The highest BCUT2D eigenvalue weighted by molar-refractivity contribution is 5.93. The summed E-state index contributed by atoms with van der Waals surface area (Å²) in [4.78, 5) is 51.7. The van der Waals surface area contributed by atoms with Gasteiger partial charge in [0, 0.05) is 44.3 Å². The van der Waals surface area contributed by atoms with Crippen molar-refractivity contribution in [2.75, 3.05) is 26.2 Å². The van der Waals surface area contributed by atoms with Crippen LogP contribution in [0.5, 0.6) is 0 Å². The normalized spacial score (nSPS) is 20.6. The quantitative estimate of drug-likeness (QED) is 0.756. The van der Waals surface area contributed by atoms with E-state index in [0.29, 0.717) is 37.3 Å². The van der Waals surface area contributed by atoms with Gasteiger partial charge in [-0.25, -0.2) is 9.97 Å². The molecule has 3 fully saturated rings. The number of rotatable bonds is 3. The fourth-order valence-corrected chi connectivity index (χ4v) is 5.39. The van der Waals surface area contributed by atoms with Crippen molar-refractivity contribution in [3.63, 3.8) is 0 Å². The van der Waals surface area contributed by atoms with Gasteiger partial charge in [-0.05, 0) is 37.8 Å². The minimum absolute atomic E-state index is 0.0250. The molecule has 2 aromatic heterocycles. The molecule has 2 aromatic rings. The van der Waals surface area contributed by atoms with Crippen molar-refractivity contribution in [1.29, 1.82) is 0 Å². The third-order valence-corrected chi connectivity index (χ3v) is 7.12. The van der Waals surface area contributed by atoms with Gasteiger partial charge in [0.2, 0.25) is 5.91 Å². The lowest BCUT2D eigenvalue weighted by molar-refractivity contribution is -0.136. The fourth-order valence-electron chi connectivity index (χ4n) is 5.39. The van der Waals surface area contributed by atoms with E-state index < -0.39 is 0 Å². The Morgan fingerprint density at radius 2 is 1.55 bits per heavy atom. The van der Waals surface area contributed by atoms with Crippen molar-refractivity contribution in [2.24, 2.45) is 5.92 Å². The van der Waals surface area contributed by atoms with Crippen molar-refractivity contribution in [1.82, 2.24) is 24.3 Å². The number of carbonyl (C=O) groups excluding carboxylic acids is 2. The molecule has 2 saturated carbocycles.